The molecule has 1 aromatic carbocycles. The van der Waals surface area contributed by atoms with E-state index in [-0.39, 0.29) is 0 Å². The molecule has 0 aliphatic carbocycles. The van der Waals surface area contributed by atoms with Crippen molar-refractivity contribution in [2.24, 2.45) is 0 Å². The van der Waals surface area contributed by atoms with E-state index in [9.17, 15) is 5.26 Å². The van der Waals surface area contributed by atoms with Crippen molar-refractivity contribution in [3.05, 3.63) is 42.1 Å². The molecule has 160 valence electrons. The van der Waals surface area contributed by atoms with Crippen molar-refractivity contribution in [2.75, 3.05) is 35.6 Å². The van der Waals surface area contributed by atoms with Gasteiger partial charge in [-0.05, 0) is 49.7 Å². The highest BCUT2D eigenvalue weighted by atomic mass is 15.3. The van der Waals surface area contributed by atoms with Gasteiger partial charge in [-0.3, -0.25) is 4.98 Å². The molecular formula is C23H28N8. The lowest BCUT2D eigenvalue weighted by molar-refractivity contribution is 0.527. The smallest absolute Gasteiger partial charge is 0.229 e. The van der Waals surface area contributed by atoms with Crippen LogP contribution in [0.15, 0.2) is 36.5 Å². The van der Waals surface area contributed by atoms with E-state index in [2.05, 4.69) is 38.5 Å². The summed E-state index contributed by atoms with van der Waals surface area (Å²) >= 11 is 0. The minimum atomic E-state index is 0.453. The highest BCUT2D eigenvalue weighted by Crippen LogP contribution is 2.28. The largest absolute Gasteiger partial charge is 0.399 e. The molecule has 1 unspecified atom stereocenters. The summed E-state index contributed by atoms with van der Waals surface area (Å²) in [6.45, 7) is 5.09. The summed E-state index contributed by atoms with van der Waals surface area (Å²) in [6, 6.07) is 11.5. The number of nitrogens with two attached hydrogens (primary N) is 1. The third-order valence-electron chi connectivity index (χ3n) is 5.48. The van der Waals surface area contributed by atoms with Crippen LogP contribution < -0.4 is 21.3 Å². The van der Waals surface area contributed by atoms with E-state index in [0.717, 1.165) is 42.9 Å². The third kappa shape index (κ3) is 5.01. The van der Waals surface area contributed by atoms with Crippen LogP contribution in [0.25, 0.3) is 11.0 Å². The Morgan fingerprint density at radius 3 is 3.00 bits per heavy atom. The lowest BCUT2D eigenvalue weighted by Crippen LogP contribution is -2.33. The quantitative estimate of drug-likeness (QED) is 0.377. The van der Waals surface area contributed by atoms with Crippen molar-refractivity contribution < 1.29 is 0 Å². The van der Waals surface area contributed by atoms with Gasteiger partial charge in [-0.15, -0.1) is 0 Å². The molecule has 0 saturated carbocycles. The molecule has 0 amide bonds. The summed E-state index contributed by atoms with van der Waals surface area (Å²) < 4.78 is 0. The van der Waals surface area contributed by atoms with E-state index in [1.807, 2.05) is 12.1 Å². The number of aromatic nitrogens is 3. The summed E-state index contributed by atoms with van der Waals surface area (Å²) in [4.78, 5) is 16.2. The van der Waals surface area contributed by atoms with Crippen molar-refractivity contribution in [2.45, 2.75) is 38.6 Å². The second-order valence-corrected chi connectivity index (χ2v) is 7.92. The maximum absolute atomic E-state index is 9.21. The topological polar surface area (TPSA) is 116 Å². The van der Waals surface area contributed by atoms with Crippen molar-refractivity contribution in [3.8, 4) is 6.07 Å². The first kappa shape index (κ1) is 20.8. The van der Waals surface area contributed by atoms with E-state index in [0.29, 0.717) is 28.9 Å². The zero-order valence-electron chi connectivity index (χ0n) is 17.8. The first-order valence-electron chi connectivity index (χ1n) is 10.8. The molecule has 4 rings (SSSR count). The van der Waals surface area contributed by atoms with Crippen LogP contribution in [-0.4, -0.2) is 40.6 Å². The number of fused-ring (bicyclic) bond motifs is 1. The van der Waals surface area contributed by atoms with Crippen LogP contribution in [0.3, 0.4) is 0 Å². The zero-order valence-corrected chi connectivity index (χ0v) is 17.8. The van der Waals surface area contributed by atoms with Gasteiger partial charge in [0.05, 0.1) is 17.1 Å². The fraction of sp³-hybridized carbons (Fsp3) is 0.391. The minimum absolute atomic E-state index is 0.453. The van der Waals surface area contributed by atoms with E-state index in [1.54, 1.807) is 24.4 Å². The molecule has 1 saturated heterocycles. The van der Waals surface area contributed by atoms with Crippen LogP contribution in [0.2, 0.25) is 0 Å². The van der Waals surface area contributed by atoms with E-state index < -0.39 is 0 Å². The lowest BCUT2D eigenvalue weighted by atomic mass is 10.2. The number of nitrogen functional groups attached to an aromatic ring is 1. The molecule has 31 heavy (non-hydrogen) atoms. The molecule has 4 N–H and O–H groups in total. The molecule has 2 aromatic heterocycles. The number of hydrogen-bond donors (Lipinski definition) is 3. The Bertz CT molecular complexity index is 1090. The number of nitrogens with zero attached hydrogens (tertiary/aromatic N) is 5. The van der Waals surface area contributed by atoms with Crippen molar-refractivity contribution in [1.82, 2.24) is 20.3 Å². The van der Waals surface area contributed by atoms with Gasteiger partial charge in [0.1, 0.15) is 5.52 Å². The van der Waals surface area contributed by atoms with Gasteiger partial charge in [-0.25, -0.2) is 4.98 Å². The first-order chi connectivity index (χ1) is 15.2. The number of nitriles is 1. The number of anilines is 4. The molecule has 1 aliphatic rings. The molecular weight excluding hydrogens is 388 g/mol. The van der Waals surface area contributed by atoms with E-state index in [4.69, 9.17) is 10.7 Å². The number of unbranched alkanes of at least 4 members (excludes halogenated alkanes) is 2. The number of hydrogen-bond acceptors (Lipinski definition) is 8. The monoisotopic (exact) mass is 416 g/mol. The molecule has 1 aliphatic heterocycles. The summed E-state index contributed by atoms with van der Waals surface area (Å²) in [5.74, 6) is 1.29. The van der Waals surface area contributed by atoms with Crippen LogP contribution in [0.1, 0.15) is 38.2 Å². The van der Waals surface area contributed by atoms with Crippen molar-refractivity contribution in [3.63, 3.8) is 0 Å². The highest BCUT2D eigenvalue weighted by Gasteiger charge is 2.25. The van der Waals surface area contributed by atoms with Crippen molar-refractivity contribution in [1.29, 1.82) is 5.26 Å². The Labute approximate surface area is 182 Å². The molecule has 8 nitrogen and oxygen atoms in total. The number of pyridine rings is 1. The van der Waals surface area contributed by atoms with Gasteiger partial charge >= 0.3 is 0 Å². The highest BCUT2D eigenvalue weighted by molar-refractivity contribution is 5.87. The fourth-order valence-electron chi connectivity index (χ4n) is 3.95. The van der Waals surface area contributed by atoms with Gasteiger partial charge in [0.2, 0.25) is 5.95 Å². The normalized spacial score (nSPS) is 15.9. The summed E-state index contributed by atoms with van der Waals surface area (Å²) in [5.41, 5.74) is 9.18. The molecule has 0 bridgehead atoms. The van der Waals surface area contributed by atoms with Gasteiger partial charge in [0.15, 0.2) is 5.82 Å². The Kier molecular flexibility index (Phi) is 6.43. The van der Waals surface area contributed by atoms with Crippen LogP contribution >= 0.6 is 0 Å². The summed E-state index contributed by atoms with van der Waals surface area (Å²) in [6.07, 6.45) is 6.56. The van der Waals surface area contributed by atoms with Crippen LogP contribution in [-0.2, 0) is 0 Å². The van der Waals surface area contributed by atoms with Gasteiger partial charge < -0.3 is 21.3 Å². The zero-order chi connectivity index (χ0) is 21.6. The first-order valence-corrected chi connectivity index (χ1v) is 10.8. The Morgan fingerprint density at radius 2 is 2.16 bits per heavy atom. The molecule has 3 aromatic rings. The molecule has 0 radical (unpaired) electrons. The molecule has 1 fully saturated rings. The van der Waals surface area contributed by atoms with Gasteiger partial charge in [-0.1, -0.05) is 19.8 Å². The number of benzene rings is 1. The van der Waals surface area contributed by atoms with Gasteiger partial charge in [0.25, 0.3) is 0 Å². The Morgan fingerprint density at radius 1 is 1.26 bits per heavy atom. The molecule has 8 heteroatoms. The Hall–Kier alpha value is -3.44. The second-order valence-electron chi connectivity index (χ2n) is 7.92. The molecule has 1 atom stereocenters. The fourth-order valence-corrected chi connectivity index (χ4v) is 3.95. The average Bonchev–Trinajstić information content (AvgIpc) is 3.24. The van der Waals surface area contributed by atoms with E-state index >= 15 is 0 Å². The minimum Gasteiger partial charge on any atom is -0.399 e. The van der Waals surface area contributed by atoms with Gasteiger partial charge in [0, 0.05) is 36.7 Å². The SMILES string of the molecule is CCCCCNC1CCN(c2nc(Nc3cc(N)cc(C#N)c3)nc3cccnc23)C1. The van der Waals surface area contributed by atoms with E-state index in [1.165, 1.54) is 19.3 Å². The third-order valence-corrected chi connectivity index (χ3v) is 5.48. The molecule has 0 spiro atoms. The summed E-state index contributed by atoms with van der Waals surface area (Å²) in [5, 5.41) is 16.1. The maximum atomic E-state index is 9.21. The van der Waals surface area contributed by atoms with Crippen LogP contribution in [0, 0.1) is 11.3 Å². The van der Waals surface area contributed by atoms with Gasteiger partial charge in [-0.2, -0.15) is 10.2 Å². The maximum Gasteiger partial charge on any atom is 0.229 e. The summed E-state index contributed by atoms with van der Waals surface area (Å²) in [7, 11) is 0. The van der Waals surface area contributed by atoms with Crippen LogP contribution in [0.5, 0.6) is 0 Å². The Balaban J connectivity index is 1.58. The standard InChI is InChI=1S/C23H28N8/c1-2-3-4-8-26-18-7-10-31(15-18)22-21-20(6-5-9-27-21)29-23(30-22)28-19-12-16(14-24)11-17(25)13-19/h5-6,9,11-13,18,26H,2-4,7-8,10,15,25H2,1H3,(H,28,29,30). The number of nitrogens with one attached hydrogen (secondary N) is 2. The number of rotatable bonds is 8. The van der Waals surface area contributed by atoms with Crippen molar-refractivity contribution >= 4 is 34.2 Å². The predicted molar refractivity (Wildman–Crippen MR) is 124 cm³/mol. The lowest BCUT2D eigenvalue weighted by Gasteiger charge is -2.20. The average molecular weight is 417 g/mol. The van der Waals surface area contributed by atoms with Crippen LogP contribution in [0.4, 0.5) is 23.1 Å². The molecule has 3 heterocycles. The second kappa shape index (κ2) is 9.58. The predicted octanol–water partition coefficient (Wildman–Crippen LogP) is 3.58.